The molecule has 0 unspecified atom stereocenters. The van der Waals surface area contributed by atoms with Crippen LogP contribution in [0.15, 0.2) is 0 Å². The van der Waals surface area contributed by atoms with Crippen molar-refractivity contribution >= 4 is 15.1 Å². The van der Waals surface area contributed by atoms with E-state index < -0.39 is 222 Å². The van der Waals surface area contributed by atoms with E-state index in [0.29, 0.717) is 13.8 Å². The summed E-state index contributed by atoms with van der Waals surface area (Å²) in [6.45, 7) is 1.36. The highest BCUT2D eigenvalue weighted by atomic mass is 27.3. The van der Waals surface area contributed by atoms with Gasteiger partial charge in [0.1, 0.15) is 5.82 Å². The molecule has 6 aromatic rings. The molecule has 6 aromatic carbocycles. The van der Waals surface area contributed by atoms with Gasteiger partial charge in [-0.25, -0.2) is 83.4 Å². The lowest BCUT2D eigenvalue weighted by atomic mass is 9.96. The molecule has 67 heavy (non-hydrogen) atoms. The Kier molecular flexibility index (Phi) is 13.1. The van der Waals surface area contributed by atoms with Crippen molar-refractivity contribution in [2.24, 2.45) is 0 Å². The van der Waals surface area contributed by atoms with Crippen LogP contribution in [0.1, 0.15) is 11.1 Å². The first kappa shape index (κ1) is 49.9. The predicted molar refractivity (Wildman–Crippen MR) is 172 cm³/mol. The van der Waals surface area contributed by atoms with Gasteiger partial charge in [-0.2, -0.15) is 26.3 Å². The van der Waals surface area contributed by atoms with Crippen molar-refractivity contribution in [3.63, 3.8) is 0 Å². The monoisotopic (exact) mass is 1010 g/mol. The second kappa shape index (κ2) is 17.6. The van der Waals surface area contributed by atoms with Gasteiger partial charge in [-0.1, -0.05) is 0 Å². The highest BCUT2D eigenvalue weighted by molar-refractivity contribution is 6.39. The fourth-order valence-corrected chi connectivity index (χ4v) is 7.26. The number of halogens is 25. The molecule has 0 saturated carbocycles. The Morgan fingerprint density at radius 2 is 0.343 bits per heavy atom. The van der Waals surface area contributed by atoms with Crippen LogP contribution >= 0.6 is 0 Å². The molecule has 0 aromatic heterocycles. The Labute approximate surface area is 357 Å². The molecule has 0 spiro atoms. The maximum atomic E-state index is 15.6. The van der Waals surface area contributed by atoms with Crippen molar-refractivity contribution in [3.8, 4) is 50.6 Å². The van der Waals surface area contributed by atoms with Gasteiger partial charge in [0.05, 0.1) is 33.4 Å². The highest BCUT2D eigenvalue weighted by Crippen LogP contribution is 2.45. The molecule has 0 aliphatic heterocycles. The van der Waals surface area contributed by atoms with E-state index in [1.807, 2.05) is 0 Å². The quantitative estimate of drug-likeness (QED) is 0.0625. The first-order valence-electron chi connectivity index (χ1n) is 16.8. The molecule has 0 aliphatic carbocycles. The van der Waals surface area contributed by atoms with Crippen molar-refractivity contribution in [1.29, 1.82) is 0 Å². The van der Waals surface area contributed by atoms with Crippen LogP contribution in [-0.4, -0.2) is 15.1 Å². The van der Waals surface area contributed by atoms with Crippen LogP contribution in [0.4, 0.5) is 110 Å². The number of rotatable bonds is 9. The average Bonchev–Trinajstić information content (AvgIpc) is 3.30. The van der Waals surface area contributed by atoms with Crippen molar-refractivity contribution in [2.75, 3.05) is 0 Å². The second-order valence-corrected chi connectivity index (χ2v) is 14.3. The summed E-state index contributed by atoms with van der Waals surface area (Å²) in [5, 5.41) is 0. The van der Waals surface area contributed by atoms with E-state index in [1.54, 1.807) is 0 Å². The van der Waals surface area contributed by atoms with E-state index in [1.165, 1.54) is 0 Å². The van der Waals surface area contributed by atoms with Crippen molar-refractivity contribution < 1.29 is 121 Å². The third-order valence-electron chi connectivity index (χ3n) is 9.33. The Bertz CT molecular complexity index is 2650. The van der Waals surface area contributed by atoms with Gasteiger partial charge in [0.15, 0.2) is 110 Å². The standard InChI is InChI=1S/C14H7F7O.2C12HF9O.Al/c1-3-4(2)8(16)9(17)5(7(3)15)6-10(18)12(20)14(22)13(21)11(6)19;2*13-3-1(4(14)8(18)9(19)7(3)17)2-5(15)10(20)12(22)11(21)6(2)16;/h22H,1-2H3;2*22H;/q;;;+3/p-3. The molecule has 0 bridgehead atoms. The summed E-state index contributed by atoms with van der Waals surface area (Å²) < 4.78 is 383. The van der Waals surface area contributed by atoms with E-state index >= 15 is 57.1 Å². The van der Waals surface area contributed by atoms with Gasteiger partial charge in [-0.3, -0.25) is 0 Å². The van der Waals surface area contributed by atoms with E-state index in [2.05, 4.69) is 11.4 Å². The third kappa shape index (κ3) is 7.54. The van der Waals surface area contributed by atoms with Crippen LogP contribution in [0.25, 0.3) is 33.4 Å². The number of hydrogen-bond acceptors (Lipinski definition) is 3. The lowest BCUT2D eigenvalue weighted by molar-refractivity contribution is 0.256. The molecule has 354 valence electrons. The van der Waals surface area contributed by atoms with E-state index in [-0.39, 0.29) is 0 Å². The summed E-state index contributed by atoms with van der Waals surface area (Å²) in [6, 6.07) is 0. The molecule has 6 rings (SSSR count). The topological polar surface area (TPSA) is 27.7 Å². The van der Waals surface area contributed by atoms with Crippen LogP contribution in [-0.2, 0) is 0 Å². The molecule has 0 radical (unpaired) electrons. The fourth-order valence-electron chi connectivity index (χ4n) is 5.92. The molecule has 29 heteroatoms. The fraction of sp³-hybridized carbons (Fsp3) is 0.0526. The molecule has 0 saturated heterocycles. The SMILES string of the molecule is Cc1c(C)c(F)c(-c2c(F)c(F)c([O][Al]([O]c3c(F)c(F)c(-c4c(F)c(F)c(F)c(F)c4F)c(F)c3F)[O]c3c(F)c(F)c(-c4c(F)c(F)c(F)c(F)c4F)c(F)c3F)c(F)c2F)c(F)c1F. The van der Waals surface area contributed by atoms with Crippen LogP contribution in [0.5, 0.6) is 17.2 Å². The minimum atomic E-state index is -6.39. The van der Waals surface area contributed by atoms with Gasteiger partial charge in [0, 0.05) is 0 Å². The molecule has 3 nitrogen and oxygen atoms in total. The van der Waals surface area contributed by atoms with E-state index in [4.69, 9.17) is 0 Å². The Morgan fingerprint density at radius 3 is 0.567 bits per heavy atom. The van der Waals surface area contributed by atoms with Gasteiger partial charge < -0.3 is 11.4 Å². The van der Waals surface area contributed by atoms with Gasteiger partial charge in [0.25, 0.3) is 0 Å². The normalized spacial score (nSPS) is 11.5. The molecular weight excluding hydrogens is 1010 g/mol. The van der Waals surface area contributed by atoms with Crippen LogP contribution in [0, 0.1) is 159 Å². The third-order valence-corrected chi connectivity index (χ3v) is 10.6. The maximum Gasteiger partial charge on any atom is 1.20 e. The zero-order chi connectivity index (χ0) is 50.5. The lowest BCUT2D eigenvalue weighted by Crippen LogP contribution is -2.39. The first-order chi connectivity index (χ1) is 31.0. The van der Waals surface area contributed by atoms with Crippen molar-refractivity contribution in [3.05, 3.63) is 157 Å². The minimum Gasteiger partial charge on any atom is -0.573 e. The lowest BCUT2D eigenvalue weighted by Gasteiger charge is -2.21. The summed E-state index contributed by atoms with van der Waals surface area (Å²) in [7, 11) is 0. The Hall–Kier alpha value is -6.50. The Morgan fingerprint density at radius 1 is 0.194 bits per heavy atom. The molecule has 0 N–H and O–H groups in total. The first-order valence-corrected chi connectivity index (χ1v) is 18.2. The Balaban J connectivity index is 1.60. The van der Waals surface area contributed by atoms with E-state index in [0.717, 1.165) is 0 Å². The zero-order valence-corrected chi connectivity index (χ0v) is 32.4. The molecule has 0 atom stereocenters. The summed E-state index contributed by atoms with van der Waals surface area (Å²) >= 11 is -6.39. The molecule has 0 heterocycles. The highest BCUT2D eigenvalue weighted by Gasteiger charge is 2.51. The van der Waals surface area contributed by atoms with Crippen molar-refractivity contribution in [2.45, 2.75) is 13.8 Å². The molecular formula is C38H6AlF25O3. The largest absolute Gasteiger partial charge is 1.20 e. The summed E-state index contributed by atoms with van der Waals surface area (Å²) in [5.41, 5.74) is -17.7. The zero-order valence-electron chi connectivity index (χ0n) is 31.3. The van der Waals surface area contributed by atoms with Gasteiger partial charge in [0.2, 0.25) is 46.5 Å². The minimum absolute atomic E-state index is 0.654. The van der Waals surface area contributed by atoms with Crippen LogP contribution < -0.4 is 11.4 Å². The predicted octanol–water partition coefficient (Wildman–Crippen LogP) is 13.3. The van der Waals surface area contributed by atoms with Gasteiger partial charge in [-0.15, -0.1) is 0 Å². The smallest absolute Gasteiger partial charge is 0.573 e. The molecule has 0 aliphatic rings. The maximum absolute atomic E-state index is 15.6. The van der Waals surface area contributed by atoms with Gasteiger partial charge >= 0.3 is 15.1 Å². The average molecular weight is 1010 g/mol. The van der Waals surface area contributed by atoms with Gasteiger partial charge in [-0.05, 0) is 25.0 Å². The second-order valence-electron chi connectivity index (χ2n) is 13.0. The molecule has 0 fully saturated rings. The number of benzene rings is 6. The molecule has 0 amide bonds. The number of hydrogen-bond donors (Lipinski definition) is 0. The summed E-state index contributed by atoms with van der Waals surface area (Å²) in [4.78, 5) is 0. The summed E-state index contributed by atoms with van der Waals surface area (Å²) in [5.74, 6) is -85.0. The van der Waals surface area contributed by atoms with Crippen molar-refractivity contribution in [1.82, 2.24) is 0 Å². The van der Waals surface area contributed by atoms with E-state index in [9.17, 15) is 52.7 Å². The summed E-state index contributed by atoms with van der Waals surface area (Å²) in [6.07, 6.45) is 0. The van der Waals surface area contributed by atoms with Crippen LogP contribution in [0.2, 0.25) is 0 Å². The van der Waals surface area contributed by atoms with Crippen LogP contribution in [0.3, 0.4) is 0 Å².